The van der Waals surface area contributed by atoms with Crippen molar-refractivity contribution >= 4 is 38.3 Å². The van der Waals surface area contributed by atoms with Gasteiger partial charge in [0, 0.05) is 11.4 Å². The molecular weight excluding hydrogens is 404 g/mol. The number of ketones is 1. The zero-order valence-corrected chi connectivity index (χ0v) is 16.0. The first-order chi connectivity index (χ1) is 13.2. The Morgan fingerprint density at radius 1 is 1.07 bits per heavy atom. The molecule has 1 heterocycles. The van der Waals surface area contributed by atoms with Gasteiger partial charge < -0.3 is 5.21 Å². The molecule has 0 amide bonds. The Hall–Kier alpha value is -2.68. The molecule has 1 aliphatic rings. The molecule has 0 bridgehead atoms. The Morgan fingerprint density at radius 3 is 2.39 bits per heavy atom. The van der Waals surface area contributed by atoms with Gasteiger partial charge in [-0.15, -0.1) is 0 Å². The van der Waals surface area contributed by atoms with E-state index in [1.807, 2.05) is 0 Å². The second-order valence-electron chi connectivity index (χ2n) is 6.77. The van der Waals surface area contributed by atoms with E-state index in [0.29, 0.717) is 5.02 Å². The topological polar surface area (TPSA) is 119 Å². The van der Waals surface area contributed by atoms with Crippen LogP contribution in [0.3, 0.4) is 0 Å². The lowest BCUT2D eigenvalue weighted by atomic mass is 9.81. The van der Waals surface area contributed by atoms with E-state index in [-0.39, 0.29) is 51.6 Å². The van der Waals surface area contributed by atoms with Crippen molar-refractivity contribution in [2.24, 2.45) is 5.14 Å². The average Bonchev–Trinajstić information content (AvgIpc) is 2.65. The van der Waals surface area contributed by atoms with E-state index in [1.165, 1.54) is 24.3 Å². The van der Waals surface area contributed by atoms with Gasteiger partial charge in [-0.3, -0.25) is 9.59 Å². The minimum atomic E-state index is -3.81. The Balaban J connectivity index is 1.82. The van der Waals surface area contributed by atoms with Crippen LogP contribution in [0.2, 0.25) is 5.02 Å². The summed E-state index contributed by atoms with van der Waals surface area (Å²) in [5, 5.41) is 16.3. The van der Waals surface area contributed by atoms with Crippen LogP contribution in [0.5, 0.6) is 0 Å². The van der Waals surface area contributed by atoms with Crippen LogP contribution in [0.1, 0.15) is 34.0 Å². The zero-order valence-electron chi connectivity index (χ0n) is 14.4. The molecule has 0 aliphatic heterocycles. The molecule has 2 aromatic carbocycles. The third kappa shape index (κ3) is 2.99. The Bertz CT molecular complexity index is 1300. The van der Waals surface area contributed by atoms with Crippen LogP contribution in [0.15, 0.2) is 52.2 Å². The summed E-state index contributed by atoms with van der Waals surface area (Å²) in [6.45, 7) is 0. The number of aromatic nitrogens is 1. The predicted octanol–water partition coefficient (Wildman–Crippen LogP) is 2.45. The molecule has 1 atom stereocenters. The number of sulfonamides is 1. The standard InChI is InChI=1S/C19H15ClN2O5S/c20-12-3-6-15-14(9-12)19(24)18-16(22(15)25)7-11(8-17(18)23)10-1-4-13(5-2-10)28(21,26)27/h1-6,9,11,25H,7-8H2,(H2,21,26,27). The number of carbonyl (C=O) groups excluding carboxylic acids is 1. The molecule has 0 radical (unpaired) electrons. The first kappa shape index (κ1) is 18.7. The number of carbonyl (C=O) groups is 1. The van der Waals surface area contributed by atoms with Crippen molar-refractivity contribution < 1.29 is 18.4 Å². The van der Waals surface area contributed by atoms with E-state index < -0.39 is 15.5 Å². The molecule has 1 unspecified atom stereocenters. The molecule has 4 rings (SSSR count). The quantitative estimate of drug-likeness (QED) is 0.619. The summed E-state index contributed by atoms with van der Waals surface area (Å²) in [7, 11) is -3.81. The molecule has 0 saturated heterocycles. The van der Waals surface area contributed by atoms with Crippen LogP contribution in [0, 0.1) is 0 Å². The number of rotatable bonds is 2. The second kappa shape index (κ2) is 6.44. The van der Waals surface area contributed by atoms with E-state index in [2.05, 4.69) is 0 Å². The van der Waals surface area contributed by atoms with Crippen LogP contribution >= 0.6 is 11.6 Å². The van der Waals surface area contributed by atoms with Gasteiger partial charge in [0.25, 0.3) is 0 Å². The van der Waals surface area contributed by atoms with Gasteiger partial charge in [-0.1, -0.05) is 23.7 Å². The van der Waals surface area contributed by atoms with Crippen molar-refractivity contribution in [1.82, 2.24) is 4.73 Å². The van der Waals surface area contributed by atoms with Crippen molar-refractivity contribution in [3.05, 3.63) is 74.5 Å². The van der Waals surface area contributed by atoms with E-state index in [4.69, 9.17) is 16.7 Å². The van der Waals surface area contributed by atoms with Gasteiger partial charge in [0.1, 0.15) is 0 Å². The minimum Gasteiger partial charge on any atom is -0.428 e. The first-order valence-electron chi connectivity index (χ1n) is 8.39. The second-order valence-corrected chi connectivity index (χ2v) is 8.76. The molecule has 0 spiro atoms. The largest absolute Gasteiger partial charge is 0.428 e. The summed E-state index contributed by atoms with van der Waals surface area (Å²) in [4.78, 5) is 25.5. The highest BCUT2D eigenvalue weighted by Gasteiger charge is 2.32. The lowest BCUT2D eigenvalue weighted by molar-refractivity contribution is 0.0949. The monoisotopic (exact) mass is 418 g/mol. The maximum atomic E-state index is 12.8. The van der Waals surface area contributed by atoms with Crippen molar-refractivity contribution in [2.75, 3.05) is 0 Å². The van der Waals surface area contributed by atoms with Gasteiger partial charge in [0.15, 0.2) is 5.78 Å². The van der Waals surface area contributed by atoms with Gasteiger partial charge >= 0.3 is 0 Å². The normalized spacial score (nSPS) is 16.9. The number of primary sulfonamides is 1. The number of Topliss-reactive ketones (excluding diaryl/α,β-unsaturated/α-hetero) is 1. The summed E-state index contributed by atoms with van der Waals surface area (Å²) >= 11 is 5.94. The lowest BCUT2D eigenvalue weighted by Crippen LogP contribution is -2.30. The van der Waals surface area contributed by atoms with Crippen LogP contribution in [0.25, 0.3) is 10.9 Å². The predicted molar refractivity (Wildman–Crippen MR) is 104 cm³/mol. The molecule has 3 N–H and O–H groups in total. The van der Waals surface area contributed by atoms with Crippen molar-refractivity contribution in [1.29, 1.82) is 0 Å². The maximum Gasteiger partial charge on any atom is 0.238 e. The van der Waals surface area contributed by atoms with Crippen LogP contribution in [0.4, 0.5) is 0 Å². The third-order valence-corrected chi connectivity index (χ3v) is 6.20. The summed E-state index contributed by atoms with van der Waals surface area (Å²) in [6.07, 6.45) is 0.323. The van der Waals surface area contributed by atoms with Gasteiger partial charge in [-0.25, -0.2) is 13.6 Å². The lowest BCUT2D eigenvalue weighted by Gasteiger charge is -2.25. The molecule has 9 heteroatoms. The number of pyridine rings is 1. The number of hydrogen-bond acceptors (Lipinski definition) is 5. The van der Waals surface area contributed by atoms with Crippen molar-refractivity contribution in [2.45, 2.75) is 23.7 Å². The molecule has 28 heavy (non-hydrogen) atoms. The zero-order chi connectivity index (χ0) is 20.2. The number of nitrogens with zero attached hydrogens (tertiary/aromatic N) is 1. The summed E-state index contributed by atoms with van der Waals surface area (Å²) in [5.74, 6) is -0.687. The minimum absolute atomic E-state index is 0.0271. The van der Waals surface area contributed by atoms with E-state index in [1.54, 1.807) is 18.2 Å². The van der Waals surface area contributed by atoms with Crippen molar-refractivity contribution in [3.8, 4) is 0 Å². The summed E-state index contributed by atoms with van der Waals surface area (Å²) < 4.78 is 23.7. The van der Waals surface area contributed by atoms with E-state index >= 15 is 0 Å². The fourth-order valence-corrected chi connectivity index (χ4v) is 4.35. The average molecular weight is 419 g/mol. The van der Waals surface area contributed by atoms with Gasteiger partial charge in [0.2, 0.25) is 15.5 Å². The van der Waals surface area contributed by atoms with Gasteiger partial charge in [-0.2, -0.15) is 4.73 Å². The fourth-order valence-electron chi connectivity index (χ4n) is 3.66. The molecule has 0 fully saturated rings. The highest BCUT2D eigenvalue weighted by atomic mass is 35.5. The van der Waals surface area contributed by atoms with Crippen LogP contribution < -0.4 is 10.6 Å². The Morgan fingerprint density at radius 2 is 1.75 bits per heavy atom. The molecule has 7 nitrogen and oxygen atoms in total. The Labute approximate surface area is 165 Å². The molecular formula is C19H15ClN2O5S. The van der Waals surface area contributed by atoms with Crippen molar-refractivity contribution in [3.63, 3.8) is 0 Å². The highest BCUT2D eigenvalue weighted by Crippen LogP contribution is 2.33. The molecule has 3 aromatic rings. The number of benzene rings is 2. The third-order valence-electron chi connectivity index (χ3n) is 5.03. The maximum absolute atomic E-state index is 12.8. The number of halogens is 1. The number of hydrogen-bond donors (Lipinski definition) is 2. The Kier molecular flexibility index (Phi) is 4.29. The SMILES string of the molecule is NS(=O)(=O)c1ccc(C2CC(=O)c3c(n(O)c4ccc(Cl)cc4c3=O)C2)cc1. The van der Waals surface area contributed by atoms with E-state index in [0.717, 1.165) is 10.3 Å². The first-order valence-corrected chi connectivity index (χ1v) is 10.3. The fraction of sp³-hybridized carbons (Fsp3) is 0.158. The molecule has 144 valence electrons. The number of fused-ring (bicyclic) bond motifs is 2. The summed E-state index contributed by atoms with van der Waals surface area (Å²) in [6, 6.07) is 10.4. The van der Waals surface area contributed by atoms with Gasteiger partial charge in [0.05, 0.1) is 27.1 Å². The summed E-state index contributed by atoms with van der Waals surface area (Å²) in [5.41, 5.74) is 0.735. The van der Waals surface area contributed by atoms with Crippen LogP contribution in [-0.2, 0) is 16.4 Å². The molecule has 1 aliphatic carbocycles. The van der Waals surface area contributed by atoms with E-state index in [9.17, 15) is 23.2 Å². The van der Waals surface area contributed by atoms with Gasteiger partial charge in [-0.05, 0) is 48.2 Å². The smallest absolute Gasteiger partial charge is 0.238 e. The molecule has 1 aromatic heterocycles. The highest BCUT2D eigenvalue weighted by molar-refractivity contribution is 7.89. The molecule has 0 saturated carbocycles. The number of nitrogens with two attached hydrogens (primary N) is 1. The van der Waals surface area contributed by atoms with Crippen LogP contribution in [-0.4, -0.2) is 24.1 Å².